The molecule has 0 aromatic carbocycles. The van der Waals surface area contributed by atoms with Crippen molar-refractivity contribution in [1.29, 1.82) is 10.5 Å². The van der Waals surface area contributed by atoms with Crippen LogP contribution in [0.2, 0.25) is 0 Å². The zero-order valence-corrected chi connectivity index (χ0v) is 14.4. The number of hydrogen-bond acceptors (Lipinski definition) is 5. The molecule has 3 fully saturated rings. The highest BCUT2D eigenvalue weighted by atomic mass is 32.2. The summed E-state index contributed by atoms with van der Waals surface area (Å²) in [6.07, 6.45) is 7.71. The van der Waals surface area contributed by atoms with Crippen LogP contribution < -0.4 is 0 Å². The van der Waals surface area contributed by atoms with Crippen molar-refractivity contribution in [2.45, 2.75) is 68.8 Å². The van der Waals surface area contributed by atoms with Crippen LogP contribution >= 0.6 is 11.8 Å². The Balaban J connectivity index is 1.91. The third-order valence-electron chi connectivity index (χ3n) is 6.34. The first-order valence-electron chi connectivity index (χ1n) is 8.86. The molecule has 1 saturated heterocycles. The van der Waals surface area contributed by atoms with Crippen molar-refractivity contribution in [3.05, 3.63) is 10.6 Å². The molecule has 1 spiro atoms. The summed E-state index contributed by atoms with van der Waals surface area (Å²) in [6.45, 7) is 0. The zero-order valence-electron chi connectivity index (χ0n) is 13.6. The lowest BCUT2D eigenvalue weighted by atomic mass is 9.60. The summed E-state index contributed by atoms with van der Waals surface area (Å²) in [6, 6.07) is 4.56. The second-order valence-corrected chi connectivity index (χ2v) is 8.67. The van der Waals surface area contributed by atoms with Crippen LogP contribution in [-0.2, 0) is 4.79 Å². The molecule has 24 heavy (non-hydrogen) atoms. The SMILES string of the molecule is N#CC1=C2S[C@@H]3CCCC[C@]3(O)N2C(=O)[C@@H](C#N)C12CCCCC2. The molecule has 0 bridgehead atoms. The van der Waals surface area contributed by atoms with E-state index in [4.69, 9.17) is 0 Å². The van der Waals surface area contributed by atoms with Gasteiger partial charge in [0.2, 0.25) is 5.91 Å². The molecule has 2 aliphatic carbocycles. The van der Waals surface area contributed by atoms with Crippen LogP contribution in [0.5, 0.6) is 0 Å². The second kappa shape index (κ2) is 5.51. The molecule has 1 amide bonds. The molecule has 3 atom stereocenters. The molecule has 4 rings (SSSR count). The van der Waals surface area contributed by atoms with Crippen molar-refractivity contribution in [1.82, 2.24) is 4.90 Å². The Kier molecular flexibility index (Phi) is 3.67. The number of carbonyl (C=O) groups excluding carboxylic acids is 1. The summed E-state index contributed by atoms with van der Waals surface area (Å²) in [5.74, 6) is -1.13. The van der Waals surface area contributed by atoms with Crippen LogP contribution in [0.3, 0.4) is 0 Å². The third kappa shape index (κ3) is 1.87. The molecule has 0 aromatic heterocycles. The number of rotatable bonds is 0. The van der Waals surface area contributed by atoms with Gasteiger partial charge in [0.05, 0.1) is 28.0 Å². The summed E-state index contributed by atoms with van der Waals surface area (Å²) in [7, 11) is 0. The van der Waals surface area contributed by atoms with E-state index in [9.17, 15) is 20.4 Å². The highest BCUT2D eigenvalue weighted by Crippen LogP contribution is 2.61. The number of hydrogen-bond donors (Lipinski definition) is 1. The van der Waals surface area contributed by atoms with Crippen molar-refractivity contribution in [2.24, 2.45) is 11.3 Å². The van der Waals surface area contributed by atoms with Crippen LogP contribution in [-0.4, -0.2) is 26.9 Å². The van der Waals surface area contributed by atoms with Crippen LogP contribution in [0.15, 0.2) is 10.6 Å². The van der Waals surface area contributed by atoms with Crippen molar-refractivity contribution < 1.29 is 9.90 Å². The number of amides is 1. The lowest BCUT2D eigenvalue weighted by Crippen LogP contribution is -2.59. The van der Waals surface area contributed by atoms with Gasteiger partial charge in [-0.3, -0.25) is 9.69 Å². The zero-order chi connectivity index (χ0) is 16.9. The fourth-order valence-corrected chi connectivity index (χ4v) is 6.81. The summed E-state index contributed by atoms with van der Waals surface area (Å²) < 4.78 is 0. The number of allylic oxidation sites excluding steroid dienone is 1. The summed E-state index contributed by atoms with van der Waals surface area (Å²) in [5.41, 5.74) is -1.27. The molecule has 0 aromatic rings. The Morgan fingerprint density at radius 3 is 2.50 bits per heavy atom. The maximum atomic E-state index is 13.2. The Morgan fingerprint density at radius 2 is 1.83 bits per heavy atom. The smallest absolute Gasteiger partial charge is 0.248 e. The number of nitrogens with zero attached hydrogens (tertiary/aromatic N) is 3. The Labute approximate surface area is 146 Å². The van der Waals surface area contributed by atoms with Gasteiger partial charge in [-0.05, 0) is 32.1 Å². The first kappa shape index (κ1) is 16.0. The van der Waals surface area contributed by atoms with E-state index < -0.39 is 17.1 Å². The van der Waals surface area contributed by atoms with E-state index in [0.717, 1.165) is 51.4 Å². The van der Waals surface area contributed by atoms with Gasteiger partial charge in [0.25, 0.3) is 0 Å². The van der Waals surface area contributed by atoms with E-state index in [-0.39, 0.29) is 11.2 Å². The van der Waals surface area contributed by atoms with E-state index in [1.165, 1.54) is 16.7 Å². The first-order chi connectivity index (χ1) is 11.6. The van der Waals surface area contributed by atoms with Gasteiger partial charge in [-0.15, -0.1) is 0 Å². The average Bonchev–Trinajstić information content (AvgIpc) is 2.89. The van der Waals surface area contributed by atoms with Crippen LogP contribution in [0.1, 0.15) is 57.8 Å². The van der Waals surface area contributed by atoms with Gasteiger partial charge in [0.1, 0.15) is 5.92 Å². The normalized spacial score (nSPS) is 37.6. The number of nitriles is 2. The van der Waals surface area contributed by atoms with E-state index in [2.05, 4.69) is 12.1 Å². The molecular formula is C18H21N3O2S. The molecule has 1 N–H and O–H groups in total. The van der Waals surface area contributed by atoms with Crippen LogP contribution in [0, 0.1) is 34.0 Å². The Bertz CT molecular complexity index is 698. The lowest BCUT2D eigenvalue weighted by Gasteiger charge is -2.48. The molecule has 126 valence electrons. The standard InChI is InChI=1S/C18H21N3O2S/c19-10-12-15(22)21-16(24-14-6-2-5-9-18(14,21)23)13(11-20)17(12)7-3-1-4-8-17/h12,14,23H,1-9H2/t12-,14-,18-/m1/s1. The first-order valence-corrected chi connectivity index (χ1v) is 9.74. The van der Waals surface area contributed by atoms with Gasteiger partial charge in [-0.1, -0.05) is 37.4 Å². The second-order valence-electron chi connectivity index (χ2n) is 7.48. The lowest BCUT2D eigenvalue weighted by molar-refractivity contribution is -0.162. The minimum absolute atomic E-state index is 0.0772. The predicted octanol–water partition coefficient (Wildman–Crippen LogP) is 3.03. The molecule has 0 unspecified atom stereocenters. The number of thioether (sulfide) groups is 1. The summed E-state index contributed by atoms with van der Waals surface area (Å²) >= 11 is 1.50. The third-order valence-corrected chi connectivity index (χ3v) is 7.85. The van der Waals surface area contributed by atoms with Gasteiger partial charge in [0.15, 0.2) is 5.72 Å². The van der Waals surface area contributed by atoms with E-state index >= 15 is 0 Å². The van der Waals surface area contributed by atoms with Crippen LogP contribution in [0.25, 0.3) is 0 Å². The van der Waals surface area contributed by atoms with E-state index in [0.29, 0.717) is 17.0 Å². The van der Waals surface area contributed by atoms with Gasteiger partial charge in [-0.25, -0.2) is 0 Å². The van der Waals surface area contributed by atoms with Crippen molar-refractivity contribution >= 4 is 17.7 Å². The Morgan fingerprint density at radius 1 is 1.12 bits per heavy atom. The van der Waals surface area contributed by atoms with Gasteiger partial charge in [0, 0.05) is 5.41 Å². The fraction of sp³-hybridized carbons (Fsp3) is 0.722. The molecule has 0 radical (unpaired) electrons. The topological polar surface area (TPSA) is 88.1 Å². The quantitative estimate of drug-likeness (QED) is 0.730. The maximum absolute atomic E-state index is 13.2. The molecular weight excluding hydrogens is 322 g/mol. The van der Waals surface area contributed by atoms with Gasteiger partial charge < -0.3 is 5.11 Å². The van der Waals surface area contributed by atoms with Gasteiger partial charge in [-0.2, -0.15) is 10.5 Å². The predicted molar refractivity (Wildman–Crippen MR) is 88.9 cm³/mol. The minimum atomic E-state index is -1.22. The van der Waals surface area contributed by atoms with E-state index in [1.807, 2.05) is 0 Å². The molecule has 6 heteroatoms. The van der Waals surface area contributed by atoms with Crippen molar-refractivity contribution in [3.8, 4) is 12.1 Å². The Hall–Kier alpha value is -1.50. The molecule has 5 nitrogen and oxygen atoms in total. The van der Waals surface area contributed by atoms with E-state index in [1.54, 1.807) is 0 Å². The highest BCUT2D eigenvalue weighted by molar-refractivity contribution is 8.04. The molecule has 2 heterocycles. The van der Waals surface area contributed by atoms with Crippen LogP contribution in [0.4, 0.5) is 0 Å². The van der Waals surface area contributed by atoms with Gasteiger partial charge >= 0.3 is 0 Å². The minimum Gasteiger partial charge on any atom is -0.369 e. The average molecular weight is 343 g/mol. The number of aliphatic hydroxyl groups is 1. The summed E-state index contributed by atoms with van der Waals surface area (Å²) in [5, 5.41) is 31.5. The number of fused-ring (bicyclic) bond motifs is 3. The maximum Gasteiger partial charge on any atom is 0.248 e. The largest absolute Gasteiger partial charge is 0.369 e. The molecule has 4 aliphatic rings. The molecule has 2 saturated carbocycles. The summed E-state index contributed by atoms with van der Waals surface area (Å²) in [4.78, 5) is 14.7. The number of carbonyl (C=O) groups is 1. The highest BCUT2D eigenvalue weighted by Gasteiger charge is 2.63. The van der Waals surface area contributed by atoms with Crippen molar-refractivity contribution in [3.63, 3.8) is 0 Å². The monoisotopic (exact) mass is 343 g/mol. The fourth-order valence-electron chi connectivity index (χ4n) is 5.12. The molecule has 2 aliphatic heterocycles. The van der Waals surface area contributed by atoms with Crippen molar-refractivity contribution in [2.75, 3.05) is 0 Å².